The summed E-state index contributed by atoms with van der Waals surface area (Å²) in [5.41, 5.74) is -2.50. The normalized spacial score (nSPS) is 20.3. The van der Waals surface area contributed by atoms with Crippen LogP contribution < -0.4 is 5.32 Å². The van der Waals surface area contributed by atoms with E-state index >= 15 is 0 Å². The number of nitrogens with one attached hydrogen (secondary N) is 1. The van der Waals surface area contributed by atoms with Crippen molar-refractivity contribution < 1.29 is 28.5 Å². The number of nitrogens with zero attached hydrogens (tertiary/aromatic N) is 3. The lowest BCUT2D eigenvalue weighted by atomic mass is 10.2. The second-order valence-electron chi connectivity index (χ2n) is 4.79. The van der Waals surface area contributed by atoms with E-state index in [1.54, 1.807) is 0 Å². The van der Waals surface area contributed by atoms with E-state index in [0.29, 0.717) is 12.1 Å². The van der Waals surface area contributed by atoms with Crippen LogP contribution in [0.25, 0.3) is 0 Å². The maximum Gasteiger partial charge on any atom is 0.407 e. The Morgan fingerprint density at radius 3 is 2.30 bits per heavy atom. The lowest BCUT2D eigenvalue weighted by Gasteiger charge is -2.16. The largest absolute Gasteiger partial charge is 0.465 e. The Morgan fingerprint density at radius 1 is 1.26 bits per heavy atom. The fourth-order valence-corrected chi connectivity index (χ4v) is 2.21. The van der Waals surface area contributed by atoms with Crippen molar-refractivity contribution in [2.45, 2.75) is 12.2 Å². The zero-order chi connectivity index (χ0) is 17.3. The molecule has 0 spiro atoms. The lowest BCUT2D eigenvalue weighted by Crippen LogP contribution is -2.31. The first kappa shape index (κ1) is 16.3. The van der Waals surface area contributed by atoms with Crippen LogP contribution in [0.2, 0.25) is 0 Å². The summed E-state index contributed by atoms with van der Waals surface area (Å²) in [6.07, 6.45) is -3.01. The molecule has 0 saturated carbocycles. The molecule has 2 atom stereocenters. The number of anilines is 1. The molecule has 1 fully saturated rings. The molecule has 2 rings (SSSR count). The molecule has 124 valence electrons. The fourth-order valence-electron chi connectivity index (χ4n) is 2.21. The van der Waals surface area contributed by atoms with E-state index in [-0.39, 0.29) is 6.54 Å². The van der Waals surface area contributed by atoms with Crippen molar-refractivity contribution in [3.63, 3.8) is 0 Å². The number of benzene rings is 1. The van der Waals surface area contributed by atoms with Crippen molar-refractivity contribution in [2.75, 3.05) is 18.4 Å². The molecule has 0 aromatic heterocycles. The average molecular weight is 332 g/mol. The van der Waals surface area contributed by atoms with Gasteiger partial charge in [0.05, 0.1) is 34.2 Å². The van der Waals surface area contributed by atoms with Crippen LogP contribution in [0.15, 0.2) is 12.1 Å². The van der Waals surface area contributed by atoms with Gasteiger partial charge in [0.1, 0.15) is 6.17 Å². The summed E-state index contributed by atoms with van der Waals surface area (Å²) in [5, 5.41) is 32.6. The van der Waals surface area contributed by atoms with Gasteiger partial charge in [-0.1, -0.05) is 0 Å². The minimum Gasteiger partial charge on any atom is -0.465 e. The van der Waals surface area contributed by atoms with Gasteiger partial charge in [-0.15, -0.1) is 0 Å². The van der Waals surface area contributed by atoms with Gasteiger partial charge >= 0.3 is 17.5 Å². The first-order valence-electron chi connectivity index (χ1n) is 6.21. The monoisotopic (exact) mass is 332 g/mol. The molecule has 1 aliphatic heterocycles. The first-order valence-corrected chi connectivity index (χ1v) is 6.21. The highest BCUT2D eigenvalue weighted by molar-refractivity contribution is 5.66. The number of likely N-dealkylation sites (tertiary alicyclic amines) is 1. The molecule has 1 aromatic rings. The molecular weight excluding hydrogens is 322 g/mol. The third-order valence-corrected chi connectivity index (χ3v) is 3.32. The van der Waals surface area contributed by atoms with E-state index < -0.39 is 57.6 Å². The summed E-state index contributed by atoms with van der Waals surface area (Å²) < 4.78 is 27.6. The minimum atomic E-state index is -1.65. The van der Waals surface area contributed by atoms with E-state index in [1.165, 1.54) is 0 Å². The third kappa shape index (κ3) is 3.25. The maximum absolute atomic E-state index is 13.8. The van der Waals surface area contributed by atoms with E-state index in [1.807, 2.05) is 0 Å². The van der Waals surface area contributed by atoms with Crippen molar-refractivity contribution in [3.05, 3.63) is 38.2 Å². The number of alkyl halides is 1. The van der Waals surface area contributed by atoms with E-state index in [0.717, 1.165) is 4.90 Å². The van der Waals surface area contributed by atoms with E-state index in [2.05, 4.69) is 5.32 Å². The Labute approximate surface area is 126 Å². The highest BCUT2D eigenvalue weighted by atomic mass is 19.1. The molecule has 0 unspecified atom stereocenters. The van der Waals surface area contributed by atoms with Crippen LogP contribution in [0.4, 0.5) is 30.6 Å². The lowest BCUT2D eigenvalue weighted by molar-refractivity contribution is -0.422. The Hall–Kier alpha value is -3.05. The molecule has 0 bridgehead atoms. The van der Waals surface area contributed by atoms with Crippen molar-refractivity contribution in [3.8, 4) is 0 Å². The molecule has 12 heteroatoms. The summed E-state index contributed by atoms with van der Waals surface area (Å²) in [6, 6.07) is -0.178. The van der Waals surface area contributed by atoms with Crippen molar-refractivity contribution in [2.24, 2.45) is 0 Å². The van der Waals surface area contributed by atoms with E-state index in [9.17, 15) is 33.8 Å². The molecule has 23 heavy (non-hydrogen) atoms. The van der Waals surface area contributed by atoms with Crippen molar-refractivity contribution in [1.82, 2.24) is 4.90 Å². The second-order valence-corrected chi connectivity index (χ2v) is 4.79. The molecule has 1 aromatic carbocycles. The van der Waals surface area contributed by atoms with Crippen LogP contribution in [0.3, 0.4) is 0 Å². The smallest absolute Gasteiger partial charge is 0.407 e. The predicted octanol–water partition coefficient (Wildman–Crippen LogP) is 1.75. The Morgan fingerprint density at radius 2 is 1.83 bits per heavy atom. The van der Waals surface area contributed by atoms with Crippen LogP contribution >= 0.6 is 0 Å². The molecule has 10 nitrogen and oxygen atoms in total. The van der Waals surface area contributed by atoms with Gasteiger partial charge in [0, 0.05) is 12.6 Å². The Bertz CT molecular complexity index is 685. The number of carbonyl (C=O) groups is 1. The van der Waals surface area contributed by atoms with Crippen LogP contribution in [0.5, 0.6) is 0 Å². The number of carboxylic acid groups (broad SMARTS) is 1. The summed E-state index contributed by atoms with van der Waals surface area (Å²) in [6.45, 7) is -0.718. The molecule has 1 heterocycles. The Kier molecular flexibility index (Phi) is 4.24. The van der Waals surface area contributed by atoms with Gasteiger partial charge in [-0.25, -0.2) is 13.6 Å². The Balaban J connectivity index is 2.30. The second kappa shape index (κ2) is 5.98. The highest BCUT2D eigenvalue weighted by Crippen LogP contribution is 2.33. The summed E-state index contributed by atoms with van der Waals surface area (Å²) >= 11 is 0. The molecule has 1 aliphatic rings. The predicted molar refractivity (Wildman–Crippen MR) is 71.6 cm³/mol. The average Bonchev–Trinajstić information content (AvgIpc) is 2.81. The maximum atomic E-state index is 13.8. The fraction of sp³-hybridized carbons (Fsp3) is 0.364. The van der Waals surface area contributed by atoms with Crippen molar-refractivity contribution >= 4 is 23.2 Å². The van der Waals surface area contributed by atoms with Crippen LogP contribution in [0, 0.1) is 26.0 Å². The van der Waals surface area contributed by atoms with E-state index in [4.69, 9.17) is 5.11 Å². The molecule has 0 aliphatic carbocycles. The number of halogens is 2. The standard InChI is InChI=1S/C11H10F2N4O6/c12-5-1-9(16(20)21)10(17(22)23)2-7(5)14-8-4-15(11(18)19)3-6(8)13/h1-2,6,8,14H,3-4H2,(H,18,19)/t6-,8+/m1/s1. The molecule has 0 radical (unpaired) electrons. The molecular formula is C11H10F2N4O6. The number of nitro groups is 2. The summed E-state index contributed by atoms with van der Waals surface area (Å²) in [4.78, 5) is 30.9. The highest BCUT2D eigenvalue weighted by Gasteiger charge is 2.36. The number of hydrogen-bond donors (Lipinski definition) is 2. The quantitative estimate of drug-likeness (QED) is 0.632. The SMILES string of the molecule is O=C(O)N1C[C@@H](F)[C@@H](Nc2cc([N+](=O)[O-])c([N+](=O)[O-])cc2F)C1. The molecule has 1 saturated heterocycles. The van der Waals surface area contributed by atoms with Gasteiger partial charge in [0.2, 0.25) is 0 Å². The summed E-state index contributed by atoms with van der Waals surface area (Å²) in [5.74, 6) is -1.18. The number of hydrogen-bond acceptors (Lipinski definition) is 6. The van der Waals surface area contributed by atoms with Crippen LogP contribution in [0.1, 0.15) is 0 Å². The number of nitro benzene ring substituents is 2. The summed E-state index contributed by atoms with van der Waals surface area (Å²) in [7, 11) is 0. The first-order chi connectivity index (χ1) is 10.7. The van der Waals surface area contributed by atoms with Gasteiger partial charge in [0.15, 0.2) is 5.82 Å². The van der Waals surface area contributed by atoms with Crippen LogP contribution in [-0.2, 0) is 0 Å². The topological polar surface area (TPSA) is 139 Å². The van der Waals surface area contributed by atoms with Gasteiger partial charge in [-0.2, -0.15) is 0 Å². The zero-order valence-corrected chi connectivity index (χ0v) is 11.3. The molecule has 2 N–H and O–H groups in total. The van der Waals surface area contributed by atoms with Crippen LogP contribution in [-0.4, -0.2) is 51.2 Å². The number of amides is 1. The van der Waals surface area contributed by atoms with Gasteiger partial charge in [-0.3, -0.25) is 20.2 Å². The molecule has 1 amide bonds. The minimum absolute atomic E-state index is 0.291. The van der Waals surface area contributed by atoms with Gasteiger partial charge in [0.25, 0.3) is 0 Å². The van der Waals surface area contributed by atoms with Gasteiger partial charge < -0.3 is 15.3 Å². The third-order valence-electron chi connectivity index (χ3n) is 3.32. The zero-order valence-electron chi connectivity index (χ0n) is 11.3. The van der Waals surface area contributed by atoms with Gasteiger partial charge in [-0.05, 0) is 0 Å². The number of rotatable bonds is 4. The van der Waals surface area contributed by atoms with Crippen molar-refractivity contribution in [1.29, 1.82) is 0 Å².